The molecule has 3 N–H and O–H groups in total. The maximum atomic E-state index is 12.0. The summed E-state index contributed by atoms with van der Waals surface area (Å²) in [6.07, 6.45) is 0.900. The molecule has 1 aromatic rings. The SMILES string of the molecule is CCCc1ccc(S(=O)(=O)N[C@@H](CC(=O)O)C(=O)O)cc1. The van der Waals surface area contributed by atoms with Gasteiger partial charge in [-0.25, -0.2) is 8.42 Å². The number of benzene rings is 1. The normalized spacial score (nSPS) is 12.8. The van der Waals surface area contributed by atoms with Crippen LogP contribution < -0.4 is 4.72 Å². The number of carbonyl (C=O) groups is 2. The number of rotatable bonds is 8. The summed E-state index contributed by atoms with van der Waals surface area (Å²) in [6, 6.07) is 4.32. The van der Waals surface area contributed by atoms with Crippen molar-refractivity contribution in [3.05, 3.63) is 29.8 Å². The van der Waals surface area contributed by atoms with E-state index in [0.29, 0.717) is 0 Å². The molecule has 0 saturated carbocycles. The third-order valence-electron chi connectivity index (χ3n) is 2.75. The van der Waals surface area contributed by atoms with E-state index in [2.05, 4.69) is 0 Å². The molecular weight excluding hydrogens is 298 g/mol. The molecule has 0 aromatic heterocycles. The van der Waals surface area contributed by atoms with Gasteiger partial charge in [0.25, 0.3) is 0 Å². The Morgan fingerprint density at radius 2 is 1.76 bits per heavy atom. The van der Waals surface area contributed by atoms with Crippen molar-refractivity contribution in [3.8, 4) is 0 Å². The molecule has 0 unspecified atom stereocenters. The number of hydrogen-bond acceptors (Lipinski definition) is 4. The lowest BCUT2D eigenvalue weighted by atomic mass is 10.1. The molecule has 0 fully saturated rings. The molecule has 116 valence electrons. The molecular formula is C13H17NO6S. The fourth-order valence-electron chi connectivity index (χ4n) is 1.73. The fourth-order valence-corrected chi connectivity index (χ4v) is 2.92. The molecule has 0 radical (unpaired) electrons. The fraction of sp³-hybridized carbons (Fsp3) is 0.385. The number of nitrogens with one attached hydrogen (secondary N) is 1. The number of carboxylic acid groups (broad SMARTS) is 2. The number of hydrogen-bond donors (Lipinski definition) is 3. The average Bonchev–Trinajstić information content (AvgIpc) is 2.38. The van der Waals surface area contributed by atoms with Crippen molar-refractivity contribution < 1.29 is 28.2 Å². The number of aryl methyl sites for hydroxylation is 1. The van der Waals surface area contributed by atoms with Gasteiger partial charge >= 0.3 is 11.9 Å². The minimum absolute atomic E-state index is 0.0982. The van der Waals surface area contributed by atoms with Crippen molar-refractivity contribution in [3.63, 3.8) is 0 Å². The topological polar surface area (TPSA) is 121 Å². The average molecular weight is 315 g/mol. The van der Waals surface area contributed by atoms with Gasteiger partial charge in [0.05, 0.1) is 11.3 Å². The van der Waals surface area contributed by atoms with Crippen molar-refractivity contribution in [2.45, 2.75) is 37.1 Å². The maximum Gasteiger partial charge on any atom is 0.322 e. The second kappa shape index (κ2) is 7.19. The minimum atomic E-state index is -4.08. The first-order valence-electron chi connectivity index (χ1n) is 6.32. The summed E-state index contributed by atoms with van der Waals surface area (Å²) in [5.74, 6) is -2.94. The highest BCUT2D eigenvalue weighted by atomic mass is 32.2. The van der Waals surface area contributed by atoms with Gasteiger partial charge in [-0.2, -0.15) is 4.72 Å². The van der Waals surface area contributed by atoms with Crippen LogP contribution in [0.1, 0.15) is 25.3 Å². The number of aliphatic carboxylic acids is 2. The Bertz CT molecular complexity index is 608. The highest BCUT2D eigenvalue weighted by Crippen LogP contribution is 2.13. The Morgan fingerprint density at radius 3 is 2.19 bits per heavy atom. The zero-order valence-corrected chi connectivity index (χ0v) is 12.3. The van der Waals surface area contributed by atoms with Gasteiger partial charge in [0, 0.05) is 0 Å². The molecule has 0 spiro atoms. The molecule has 0 heterocycles. The predicted octanol–water partition coefficient (Wildman–Crippen LogP) is 0.845. The lowest BCUT2D eigenvalue weighted by Gasteiger charge is -2.13. The van der Waals surface area contributed by atoms with Crippen molar-refractivity contribution in [2.75, 3.05) is 0 Å². The van der Waals surface area contributed by atoms with Crippen LogP contribution in [-0.2, 0) is 26.0 Å². The van der Waals surface area contributed by atoms with Gasteiger partial charge in [-0.1, -0.05) is 25.5 Å². The Labute approximate surface area is 122 Å². The van der Waals surface area contributed by atoms with Gasteiger partial charge in [0.15, 0.2) is 0 Å². The van der Waals surface area contributed by atoms with E-state index >= 15 is 0 Å². The van der Waals surface area contributed by atoms with Crippen molar-refractivity contribution in [2.24, 2.45) is 0 Å². The van der Waals surface area contributed by atoms with E-state index < -0.39 is 34.4 Å². The van der Waals surface area contributed by atoms with E-state index in [1.165, 1.54) is 12.1 Å². The van der Waals surface area contributed by atoms with E-state index in [0.717, 1.165) is 18.4 Å². The lowest BCUT2D eigenvalue weighted by molar-refractivity contribution is -0.145. The van der Waals surface area contributed by atoms with Gasteiger partial charge in [0.1, 0.15) is 6.04 Å². The Balaban J connectivity index is 2.93. The molecule has 0 aliphatic rings. The van der Waals surface area contributed by atoms with Gasteiger partial charge in [0.2, 0.25) is 10.0 Å². The van der Waals surface area contributed by atoms with Gasteiger partial charge in [-0.3, -0.25) is 9.59 Å². The first kappa shape index (κ1) is 17.1. The summed E-state index contributed by atoms with van der Waals surface area (Å²) in [4.78, 5) is 21.3. The quantitative estimate of drug-likeness (QED) is 0.654. The van der Waals surface area contributed by atoms with E-state index in [1.54, 1.807) is 12.1 Å². The summed E-state index contributed by atoms with van der Waals surface area (Å²) >= 11 is 0. The van der Waals surface area contributed by atoms with Crippen LogP contribution in [0.5, 0.6) is 0 Å². The van der Waals surface area contributed by atoms with Crippen molar-refractivity contribution in [1.29, 1.82) is 0 Å². The monoisotopic (exact) mass is 315 g/mol. The largest absolute Gasteiger partial charge is 0.481 e. The van der Waals surface area contributed by atoms with Crippen LogP contribution in [-0.4, -0.2) is 36.6 Å². The third kappa shape index (κ3) is 5.16. The van der Waals surface area contributed by atoms with Crippen LogP contribution in [0.3, 0.4) is 0 Å². The summed E-state index contributed by atoms with van der Waals surface area (Å²) in [5.41, 5.74) is 0.969. The molecule has 0 saturated heterocycles. The van der Waals surface area contributed by atoms with Crippen LogP contribution in [0.2, 0.25) is 0 Å². The van der Waals surface area contributed by atoms with E-state index in [4.69, 9.17) is 10.2 Å². The molecule has 1 atom stereocenters. The maximum absolute atomic E-state index is 12.0. The van der Waals surface area contributed by atoms with Crippen molar-refractivity contribution in [1.82, 2.24) is 4.72 Å². The van der Waals surface area contributed by atoms with Gasteiger partial charge in [-0.15, -0.1) is 0 Å². The smallest absolute Gasteiger partial charge is 0.322 e. The Hall–Kier alpha value is -1.93. The minimum Gasteiger partial charge on any atom is -0.481 e. The van der Waals surface area contributed by atoms with Gasteiger partial charge < -0.3 is 10.2 Å². The van der Waals surface area contributed by atoms with Crippen LogP contribution in [0.4, 0.5) is 0 Å². The number of sulfonamides is 1. The van der Waals surface area contributed by atoms with Crippen LogP contribution in [0.25, 0.3) is 0 Å². The molecule has 1 rings (SSSR count). The van der Waals surface area contributed by atoms with Crippen molar-refractivity contribution >= 4 is 22.0 Å². The molecule has 0 aliphatic carbocycles. The molecule has 8 heteroatoms. The van der Waals surface area contributed by atoms with E-state index in [1.807, 2.05) is 11.6 Å². The first-order chi connectivity index (χ1) is 9.76. The predicted molar refractivity (Wildman–Crippen MR) is 74.4 cm³/mol. The summed E-state index contributed by atoms with van der Waals surface area (Å²) in [6.45, 7) is 2.00. The number of carboxylic acids is 2. The Morgan fingerprint density at radius 1 is 1.19 bits per heavy atom. The summed E-state index contributed by atoms with van der Waals surface area (Å²) in [5, 5.41) is 17.5. The standard InChI is InChI=1S/C13H17NO6S/c1-2-3-9-4-6-10(7-5-9)21(19,20)14-11(13(17)18)8-12(15)16/h4-7,11,14H,2-3,8H2,1H3,(H,15,16)(H,17,18)/t11-/m0/s1. The van der Waals surface area contributed by atoms with E-state index in [9.17, 15) is 18.0 Å². The molecule has 0 aliphatic heterocycles. The zero-order chi connectivity index (χ0) is 16.0. The molecule has 1 aromatic carbocycles. The Kier molecular flexibility index (Phi) is 5.86. The molecule has 7 nitrogen and oxygen atoms in total. The van der Waals surface area contributed by atoms with Crippen LogP contribution in [0, 0.1) is 0 Å². The van der Waals surface area contributed by atoms with Crippen LogP contribution >= 0.6 is 0 Å². The third-order valence-corrected chi connectivity index (χ3v) is 4.23. The van der Waals surface area contributed by atoms with Gasteiger partial charge in [-0.05, 0) is 24.1 Å². The second-order valence-corrected chi connectivity index (χ2v) is 6.22. The van der Waals surface area contributed by atoms with Crippen LogP contribution in [0.15, 0.2) is 29.2 Å². The van der Waals surface area contributed by atoms with E-state index in [-0.39, 0.29) is 4.90 Å². The molecule has 0 amide bonds. The highest BCUT2D eigenvalue weighted by Gasteiger charge is 2.27. The first-order valence-corrected chi connectivity index (χ1v) is 7.80. The second-order valence-electron chi connectivity index (χ2n) is 4.50. The summed E-state index contributed by atoms with van der Waals surface area (Å²) in [7, 11) is -4.08. The molecule has 21 heavy (non-hydrogen) atoms. The lowest BCUT2D eigenvalue weighted by Crippen LogP contribution is -2.42. The zero-order valence-electron chi connectivity index (χ0n) is 11.4. The highest BCUT2D eigenvalue weighted by molar-refractivity contribution is 7.89. The summed E-state index contributed by atoms with van der Waals surface area (Å²) < 4.78 is 25.9. The molecule has 0 bridgehead atoms.